The molecular formula is C12H10ClF4NS. The summed E-state index contributed by atoms with van der Waals surface area (Å²) in [7, 11) is 0. The van der Waals surface area contributed by atoms with Crippen molar-refractivity contribution in [1.82, 2.24) is 0 Å². The van der Waals surface area contributed by atoms with Crippen LogP contribution >= 0.6 is 23.7 Å². The molecule has 0 aliphatic carbocycles. The second kappa shape index (κ2) is 5.90. The largest absolute Gasteiger partial charge is 0.416 e. The minimum Gasteiger partial charge on any atom is -0.320 e. The van der Waals surface area contributed by atoms with Gasteiger partial charge < -0.3 is 5.73 Å². The number of nitrogens with two attached hydrogens (primary N) is 1. The average Bonchev–Trinajstić information content (AvgIpc) is 2.79. The maximum atomic E-state index is 13.2. The van der Waals surface area contributed by atoms with E-state index in [0.29, 0.717) is 10.9 Å². The fraction of sp³-hybridized carbons (Fsp3) is 0.167. The van der Waals surface area contributed by atoms with E-state index in [9.17, 15) is 17.6 Å². The van der Waals surface area contributed by atoms with Crippen LogP contribution in [0.15, 0.2) is 35.7 Å². The molecule has 0 spiro atoms. The molecular weight excluding hydrogens is 302 g/mol. The van der Waals surface area contributed by atoms with E-state index in [1.54, 1.807) is 17.5 Å². The number of hydrogen-bond acceptors (Lipinski definition) is 2. The fourth-order valence-electron chi connectivity index (χ4n) is 1.59. The van der Waals surface area contributed by atoms with Crippen LogP contribution in [0.25, 0.3) is 0 Å². The lowest BCUT2D eigenvalue weighted by atomic mass is 10.0. The molecule has 2 aromatic rings. The van der Waals surface area contributed by atoms with Crippen molar-refractivity contribution >= 4 is 23.7 Å². The van der Waals surface area contributed by atoms with Gasteiger partial charge in [-0.05, 0) is 35.2 Å². The van der Waals surface area contributed by atoms with Gasteiger partial charge in [-0.25, -0.2) is 4.39 Å². The number of halogens is 5. The summed E-state index contributed by atoms with van der Waals surface area (Å²) in [5, 5.41) is 1.76. The quantitative estimate of drug-likeness (QED) is 0.819. The van der Waals surface area contributed by atoms with Crippen LogP contribution in [0.4, 0.5) is 17.6 Å². The molecule has 0 aliphatic rings. The third-order valence-electron chi connectivity index (χ3n) is 2.46. The normalized spacial score (nSPS) is 12.9. The lowest BCUT2D eigenvalue weighted by molar-refractivity contribution is -0.137. The van der Waals surface area contributed by atoms with Crippen LogP contribution in [0.2, 0.25) is 0 Å². The van der Waals surface area contributed by atoms with E-state index in [0.717, 1.165) is 12.1 Å². The van der Waals surface area contributed by atoms with Crippen molar-refractivity contribution in [3.8, 4) is 0 Å². The van der Waals surface area contributed by atoms with Crippen molar-refractivity contribution in [2.45, 2.75) is 12.2 Å². The second-order valence-electron chi connectivity index (χ2n) is 3.76. The number of rotatable bonds is 2. The van der Waals surface area contributed by atoms with Crippen LogP contribution < -0.4 is 5.73 Å². The highest BCUT2D eigenvalue weighted by molar-refractivity contribution is 7.10. The molecule has 0 unspecified atom stereocenters. The Morgan fingerprint density at radius 3 is 2.37 bits per heavy atom. The van der Waals surface area contributed by atoms with E-state index in [4.69, 9.17) is 5.73 Å². The van der Waals surface area contributed by atoms with E-state index in [1.165, 1.54) is 11.3 Å². The molecule has 1 atom stereocenters. The van der Waals surface area contributed by atoms with Crippen molar-refractivity contribution in [3.63, 3.8) is 0 Å². The number of thiophene rings is 1. The Labute approximate surface area is 117 Å². The van der Waals surface area contributed by atoms with E-state index in [1.807, 2.05) is 0 Å². The third kappa shape index (κ3) is 3.68. The number of alkyl halides is 3. The molecule has 0 bridgehead atoms. The van der Waals surface area contributed by atoms with Gasteiger partial charge in [0.1, 0.15) is 5.82 Å². The van der Waals surface area contributed by atoms with Gasteiger partial charge in [0, 0.05) is 4.88 Å². The highest BCUT2D eigenvalue weighted by atomic mass is 35.5. The van der Waals surface area contributed by atoms with Gasteiger partial charge in [0.2, 0.25) is 0 Å². The Balaban J connectivity index is 0.00000180. The zero-order valence-corrected chi connectivity index (χ0v) is 11.1. The van der Waals surface area contributed by atoms with E-state index >= 15 is 0 Å². The molecule has 1 aromatic heterocycles. The Morgan fingerprint density at radius 1 is 1.16 bits per heavy atom. The summed E-state index contributed by atoms with van der Waals surface area (Å²) in [5.74, 6) is -0.938. The third-order valence-corrected chi connectivity index (χ3v) is 3.41. The Bertz CT molecular complexity index is 539. The smallest absolute Gasteiger partial charge is 0.320 e. The van der Waals surface area contributed by atoms with Gasteiger partial charge in [0.05, 0.1) is 11.6 Å². The lowest BCUT2D eigenvalue weighted by Crippen LogP contribution is -2.13. The molecule has 2 N–H and O–H groups in total. The Hall–Kier alpha value is -1.11. The summed E-state index contributed by atoms with van der Waals surface area (Å²) in [4.78, 5) is 0.689. The fourth-order valence-corrected chi connectivity index (χ4v) is 2.34. The first-order chi connectivity index (χ1) is 8.38. The summed E-state index contributed by atoms with van der Waals surface area (Å²) in [5.41, 5.74) is 4.91. The molecule has 0 saturated heterocycles. The summed E-state index contributed by atoms with van der Waals surface area (Å²) in [6.07, 6.45) is -4.58. The molecule has 2 rings (SSSR count). The summed E-state index contributed by atoms with van der Waals surface area (Å²) < 4.78 is 50.9. The van der Waals surface area contributed by atoms with Crippen LogP contribution in [0.1, 0.15) is 22.0 Å². The van der Waals surface area contributed by atoms with Gasteiger partial charge in [0.25, 0.3) is 0 Å². The maximum absolute atomic E-state index is 13.2. The van der Waals surface area contributed by atoms with Gasteiger partial charge >= 0.3 is 6.18 Å². The minimum atomic E-state index is -4.58. The molecule has 0 amide bonds. The van der Waals surface area contributed by atoms with Crippen LogP contribution in [0, 0.1) is 5.82 Å². The van der Waals surface area contributed by atoms with Crippen molar-refractivity contribution in [3.05, 3.63) is 57.5 Å². The minimum absolute atomic E-state index is 0. The van der Waals surface area contributed by atoms with Crippen molar-refractivity contribution < 1.29 is 17.6 Å². The van der Waals surface area contributed by atoms with Crippen LogP contribution in [0.5, 0.6) is 0 Å². The zero-order valence-electron chi connectivity index (χ0n) is 9.45. The summed E-state index contributed by atoms with van der Waals surface area (Å²) in [6, 6.07) is 5.07. The second-order valence-corrected chi connectivity index (χ2v) is 4.74. The molecule has 1 heterocycles. The predicted molar refractivity (Wildman–Crippen MR) is 69.0 cm³/mol. The predicted octanol–water partition coefficient (Wildman–Crippen LogP) is 4.38. The molecule has 104 valence electrons. The molecule has 7 heteroatoms. The molecule has 0 fully saturated rings. The first kappa shape index (κ1) is 15.9. The van der Waals surface area contributed by atoms with Gasteiger partial charge in [-0.15, -0.1) is 23.7 Å². The van der Waals surface area contributed by atoms with Gasteiger partial charge in [-0.2, -0.15) is 13.2 Å². The molecule has 1 aromatic carbocycles. The Morgan fingerprint density at radius 2 is 1.84 bits per heavy atom. The standard InChI is InChI=1S/C12H9F4NS.ClH/c13-9-5-7(4-8(6-9)12(14,15)16)11(17)10-2-1-3-18-10;/h1-6,11H,17H2;1H/t11-;/m1./s1. The van der Waals surface area contributed by atoms with Crippen molar-refractivity contribution in [2.24, 2.45) is 5.73 Å². The van der Waals surface area contributed by atoms with Gasteiger partial charge in [-0.1, -0.05) is 6.07 Å². The molecule has 0 aliphatic heterocycles. The maximum Gasteiger partial charge on any atom is 0.416 e. The number of hydrogen-bond donors (Lipinski definition) is 1. The number of benzene rings is 1. The van der Waals surface area contributed by atoms with E-state index < -0.39 is 23.6 Å². The van der Waals surface area contributed by atoms with Crippen LogP contribution in [-0.4, -0.2) is 0 Å². The molecule has 0 radical (unpaired) electrons. The SMILES string of the molecule is Cl.N[C@H](c1cc(F)cc(C(F)(F)F)c1)c1cccs1. The first-order valence-corrected chi connectivity index (χ1v) is 5.92. The first-order valence-electron chi connectivity index (χ1n) is 5.04. The van der Waals surface area contributed by atoms with E-state index in [-0.39, 0.29) is 18.0 Å². The van der Waals surface area contributed by atoms with E-state index in [2.05, 4.69) is 0 Å². The Kier molecular flexibility index (Phi) is 4.95. The average molecular weight is 312 g/mol. The zero-order chi connectivity index (χ0) is 13.3. The van der Waals surface area contributed by atoms with Gasteiger partial charge in [-0.3, -0.25) is 0 Å². The van der Waals surface area contributed by atoms with Crippen LogP contribution in [0.3, 0.4) is 0 Å². The highest BCUT2D eigenvalue weighted by Gasteiger charge is 2.31. The summed E-state index contributed by atoms with van der Waals surface area (Å²) >= 11 is 1.32. The van der Waals surface area contributed by atoms with Crippen molar-refractivity contribution in [1.29, 1.82) is 0 Å². The summed E-state index contributed by atoms with van der Waals surface area (Å²) in [6.45, 7) is 0. The van der Waals surface area contributed by atoms with Crippen LogP contribution in [-0.2, 0) is 6.18 Å². The monoisotopic (exact) mass is 311 g/mol. The lowest BCUT2D eigenvalue weighted by Gasteiger charge is -2.13. The topological polar surface area (TPSA) is 26.0 Å². The van der Waals surface area contributed by atoms with Crippen molar-refractivity contribution in [2.75, 3.05) is 0 Å². The molecule has 1 nitrogen and oxygen atoms in total. The highest BCUT2D eigenvalue weighted by Crippen LogP contribution is 2.33. The molecule has 19 heavy (non-hydrogen) atoms. The molecule has 0 saturated carbocycles. The van der Waals surface area contributed by atoms with Gasteiger partial charge in [0.15, 0.2) is 0 Å².